The van der Waals surface area contributed by atoms with Crippen molar-refractivity contribution in [1.82, 2.24) is 14.5 Å². The van der Waals surface area contributed by atoms with Crippen LogP contribution in [0.4, 0.5) is 10.2 Å². The first kappa shape index (κ1) is 14.7. The van der Waals surface area contributed by atoms with Crippen LogP contribution in [0.25, 0.3) is 5.82 Å². The van der Waals surface area contributed by atoms with E-state index in [-0.39, 0.29) is 11.6 Å². The smallest absolute Gasteiger partial charge is 0.335 e. The zero-order valence-corrected chi connectivity index (χ0v) is 12.0. The fraction of sp³-hybridized carbons (Fsp3) is 0.0625. The maximum absolute atomic E-state index is 13.2. The van der Waals surface area contributed by atoms with Gasteiger partial charge in [-0.1, -0.05) is 36.4 Å². The Kier molecular flexibility index (Phi) is 4.01. The number of aromatic nitrogens is 3. The number of hydrogen-bond acceptors (Lipinski definition) is 4. The molecule has 6 nitrogen and oxygen atoms in total. The molecule has 0 spiro atoms. The maximum Gasteiger partial charge on any atom is 0.335 e. The molecule has 0 aliphatic carbocycles. The minimum atomic E-state index is -0.764. The maximum atomic E-state index is 13.2. The summed E-state index contributed by atoms with van der Waals surface area (Å²) in [5.74, 6) is -0.539. The van der Waals surface area contributed by atoms with Crippen LogP contribution in [-0.4, -0.2) is 14.5 Å². The monoisotopic (exact) mass is 312 g/mol. The van der Waals surface area contributed by atoms with Gasteiger partial charge in [0.05, 0.1) is 0 Å². The standard InChI is InChI=1S/C16H13FN4O2/c17-12-7-4-8-14(19-12)21-15(22)9-13(20-16(21)23)18-10-11-5-2-1-3-6-11/h1-9,18H,10H2,(H,20,23). The Labute approximate surface area is 130 Å². The number of nitrogens with zero attached hydrogens (tertiary/aromatic N) is 2. The van der Waals surface area contributed by atoms with E-state index in [9.17, 15) is 14.0 Å². The second-order valence-electron chi connectivity index (χ2n) is 4.82. The van der Waals surface area contributed by atoms with Gasteiger partial charge in [-0.25, -0.2) is 14.3 Å². The lowest BCUT2D eigenvalue weighted by Gasteiger charge is -2.08. The third-order valence-electron chi connectivity index (χ3n) is 3.19. The SMILES string of the molecule is O=c1cc(NCc2ccccc2)[nH]c(=O)n1-c1cccc(F)n1. The molecule has 2 aromatic heterocycles. The number of rotatable bonds is 4. The van der Waals surface area contributed by atoms with Crippen molar-refractivity contribution in [3.63, 3.8) is 0 Å². The third kappa shape index (κ3) is 3.34. The first-order valence-corrected chi connectivity index (χ1v) is 6.90. The molecular formula is C16H13FN4O2. The van der Waals surface area contributed by atoms with E-state index in [1.54, 1.807) is 0 Å². The van der Waals surface area contributed by atoms with E-state index in [0.717, 1.165) is 16.2 Å². The highest BCUT2D eigenvalue weighted by atomic mass is 19.1. The molecule has 0 radical (unpaired) electrons. The third-order valence-corrected chi connectivity index (χ3v) is 3.19. The van der Waals surface area contributed by atoms with Gasteiger partial charge in [-0.05, 0) is 17.7 Å². The molecule has 0 aliphatic rings. The van der Waals surface area contributed by atoms with Crippen LogP contribution in [0.15, 0.2) is 64.2 Å². The number of hydrogen-bond donors (Lipinski definition) is 2. The van der Waals surface area contributed by atoms with Gasteiger partial charge in [-0.15, -0.1) is 0 Å². The molecule has 0 unspecified atom stereocenters. The summed E-state index contributed by atoms with van der Waals surface area (Å²) in [5.41, 5.74) is -0.280. The fourth-order valence-electron chi connectivity index (χ4n) is 2.12. The highest BCUT2D eigenvalue weighted by Gasteiger charge is 2.08. The van der Waals surface area contributed by atoms with Crippen molar-refractivity contribution < 1.29 is 4.39 Å². The zero-order valence-electron chi connectivity index (χ0n) is 12.0. The molecule has 23 heavy (non-hydrogen) atoms. The van der Waals surface area contributed by atoms with Crippen molar-refractivity contribution in [2.24, 2.45) is 0 Å². The molecule has 0 fully saturated rings. The largest absolute Gasteiger partial charge is 0.367 e. The van der Waals surface area contributed by atoms with Crippen LogP contribution in [0.3, 0.4) is 0 Å². The van der Waals surface area contributed by atoms with Gasteiger partial charge in [0.2, 0.25) is 5.95 Å². The summed E-state index contributed by atoms with van der Waals surface area (Å²) in [4.78, 5) is 30.3. The van der Waals surface area contributed by atoms with Crippen molar-refractivity contribution in [2.75, 3.05) is 5.32 Å². The quantitative estimate of drug-likeness (QED) is 0.718. The second-order valence-corrected chi connectivity index (χ2v) is 4.82. The minimum Gasteiger partial charge on any atom is -0.367 e. The van der Waals surface area contributed by atoms with Crippen LogP contribution in [0, 0.1) is 5.95 Å². The predicted octanol–water partition coefficient (Wildman–Crippen LogP) is 1.67. The molecule has 0 saturated heterocycles. The summed E-state index contributed by atoms with van der Waals surface area (Å²) in [7, 11) is 0. The Balaban J connectivity index is 1.89. The summed E-state index contributed by atoms with van der Waals surface area (Å²) in [6.07, 6.45) is 0. The van der Waals surface area contributed by atoms with Gasteiger partial charge >= 0.3 is 5.69 Å². The Bertz CT molecular complexity index is 903. The molecule has 116 valence electrons. The first-order valence-electron chi connectivity index (χ1n) is 6.90. The van der Waals surface area contributed by atoms with Gasteiger partial charge in [0.1, 0.15) is 11.6 Å². The Morgan fingerprint density at radius 2 is 1.87 bits per heavy atom. The number of nitrogens with one attached hydrogen (secondary N) is 2. The number of pyridine rings is 1. The van der Waals surface area contributed by atoms with Crippen LogP contribution in [0.1, 0.15) is 5.56 Å². The van der Waals surface area contributed by atoms with E-state index in [4.69, 9.17) is 0 Å². The Morgan fingerprint density at radius 1 is 1.09 bits per heavy atom. The van der Waals surface area contributed by atoms with Crippen LogP contribution >= 0.6 is 0 Å². The molecule has 0 amide bonds. The summed E-state index contributed by atoms with van der Waals surface area (Å²) < 4.78 is 13.9. The summed E-state index contributed by atoms with van der Waals surface area (Å²) in [5, 5.41) is 2.97. The highest BCUT2D eigenvalue weighted by Crippen LogP contribution is 2.04. The molecule has 0 aliphatic heterocycles. The van der Waals surface area contributed by atoms with Crippen LogP contribution in [0.2, 0.25) is 0 Å². The molecule has 3 aromatic rings. The number of H-pyrrole nitrogens is 1. The molecule has 0 saturated carbocycles. The molecule has 0 bridgehead atoms. The van der Waals surface area contributed by atoms with Gasteiger partial charge in [-0.3, -0.25) is 9.78 Å². The first-order chi connectivity index (χ1) is 11.1. The van der Waals surface area contributed by atoms with Gasteiger partial charge in [0.15, 0.2) is 0 Å². The fourth-order valence-corrected chi connectivity index (χ4v) is 2.12. The summed E-state index contributed by atoms with van der Waals surface area (Å²) in [6, 6.07) is 14.7. The van der Waals surface area contributed by atoms with Crippen molar-refractivity contribution in [1.29, 1.82) is 0 Å². The van der Waals surface area contributed by atoms with E-state index < -0.39 is 17.2 Å². The summed E-state index contributed by atoms with van der Waals surface area (Å²) in [6.45, 7) is 0.457. The molecule has 2 heterocycles. The van der Waals surface area contributed by atoms with Crippen molar-refractivity contribution in [3.05, 3.63) is 86.9 Å². The lowest BCUT2D eigenvalue weighted by Crippen LogP contribution is -2.34. The highest BCUT2D eigenvalue weighted by molar-refractivity contribution is 5.35. The predicted molar refractivity (Wildman–Crippen MR) is 84.2 cm³/mol. The van der Waals surface area contributed by atoms with Gasteiger partial charge in [0.25, 0.3) is 5.56 Å². The lowest BCUT2D eigenvalue weighted by molar-refractivity contribution is 0.578. The van der Waals surface area contributed by atoms with Crippen LogP contribution in [0.5, 0.6) is 0 Å². The topological polar surface area (TPSA) is 79.8 Å². The van der Waals surface area contributed by atoms with E-state index in [1.807, 2.05) is 30.3 Å². The van der Waals surface area contributed by atoms with E-state index in [0.29, 0.717) is 6.54 Å². The molecule has 2 N–H and O–H groups in total. The Hall–Kier alpha value is -3.22. The average molecular weight is 312 g/mol. The summed E-state index contributed by atoms with van der Waals surface area (Å²) >= 11 is 0. The molecular weight excluding hydrogens is 299 g/mol. The van der Waals surface area contributed by atoms with Gasteiger partial charge in [-0.2, -0.15) is 4.39 Å². The minimum absolute atomic E-state index is 0.0640. The van der Waals surface area contributed by atoms with Crippen LogP contribution in [-0.2, 0) is 6.54 Å². The van der Waals surface area contributed by atoms with Crippen molar-refractivity contribution in [3.8, 4) is 5.82 Å². The van der Waals surface area contributed by atoms with E-state index >= 15 is 0 Å². The number of halogens is 1. The molecule has 0 atom stereocenters. The molecule has 1 aromatic carbocycles. The lowest BCUT2D eigenvalue weighted by atomic mass is 10.2. The Morgan fingerprint density at radius 3 is 2.57 bits per heavy atom. The normalized spacial score (nSPS) is 10.5. The zero-order chi connectivity index (χ0) is 16.2. The van der Waals surface area contributed by atoms with Gasteiger partial charge < -0.3 is 5.32 Å². The second kappa shape index (κ2) is 6.27. The van der Waals surface area contributed by atoms with Crippen molar-refractivity contribution >= 4 is 5.82 Å². The number of aromatic amines is 1. The van der Waals surface area contributed by atoms with E-state index in [1.165, 1.54) is 18.2 Å². The van der Waals surface area contributed by atoms with Crippen LogP contribution < -0.4 is 16.6 Å². The number of benzene rings is 1. The number of anilines is 1. The molecule has 3 rings (SSSR count). The molecule has 7 heteroatoms. The van der Waals surface area contributed by atoms with Crippen molar-refractivity contribution in [2.45, 2.75) is 6.54 Å². The average Bonchev–Trinajstić information content (AvgIpc) is 2.53. The van der Waals surface area contributed by atoms with Gasteiger partial charge in [0, 0.05) is 12.6 Å². The van der Waals surface area contributed by atoms with E-state index in [2.05, 4.69) is 15.3 Å².